The molecule has 0 aliphatic heterocycles. The van der Waals surface area contributed by atoms with Gasteiger partial charge in [-0.2, -0.15) is 0 Å². The van der Waals surface area contributed by atoms with Gasteiger partial charge in [-0.15, -0.1) is 0 Å². The molecule has 4 heteroatoms. The zero-order valence-electron chi connectivity index (χ0n) is 14.1. The minimum absolute atomic E-state index is 0.613. The summed E-state index contributed by atoms with van der Waals surface area (Å²) < 4.78 is 6.14. The zero-order chi connectivity index (χ0) is 16.2. The van der Waals surface area contributed by atoms with Gasteiger partial charge in [0.05, 0.1) is 18.0 Å². The molecule has 0 bridgehead atoms. The Morgan fingerprint density at radius 3 is 2.50 bits per heavy atom. The summed E-state index contributed by atoms with van der Waals surface area (Å²) in [6.45, 7) is 11.2. The van der Waals surface area contributed by atoms with Crippen LogP contribution in [0.4, 0.5) is 0 Å². The van der Waals surface area contributed by atoms with Crippen LogP contribution in [0.3, 0.4) is 0 Å². The molecule has 0 aliphatic carbocycles. The van der Waals surface area contributed by atoms with Crippen LogP contribution in [-0.4, -0.2) is 19.0 Å². The molecule has 2 aromatic rings. The largest absolute Gasteiger partial charge is 0.544 e. The van der Waals surface area contributed by atoms with Gasteiger partial charge >= 0.3 is 0 Å². The molecule has 0 radical (unpaired) electrons. The summed E-state index contributed by atoms with van der Waals surface area (Å²) in [7, 11) is -1.62. The molecule has 2 rings (SSSR count). The Kier molecular flexibility index (Phi) is 5.14. The standard InChI is InChI=1S/C18H24N2OSi/c1-14-10-11-17(20-12-14)15(2)19-13-16-8-6-7-9-18(16)21-22(3,4)5/h6-12H,13H2,1-5H3. The van der Waals surface area contributed by atoms with Gasteiger partial charge < -0.3 is 4.43 Å². The van der Waals surface area contributed by atoms with Crippen LogP contribution >= 0.6 is 0 Å². The highest BCUT2D eigenvalue weighted by molar-refractivity contribution is 6.70. The molecule has 1 heterocycles. The molecule has 0 saturated heterocycles. The average Bonchev–Trinajstić information content (AvgIpc) is 2.45. The maximum Gasteiger partial charge on any atom is 0.242 e. The van der Waals surface area contributed by atoms with Crippen molar-refractivity contribution in [2.45, 2.75) is 40.0 Å². The number of aliphatic imine (C=N–C) groups is 1. The molecule has 0 amide bonds. The number of hydrogen-bond acceptors (Lipinski definition) is 3. The van der Waals surface area contributed by atoms with E-state index in [2.05, 4.69) is 41.8 Å². The molecule has 116 valence electrons. The Balaban J connectivity index is 2.17. The number of nitrogens with zero attached hydrogens (tertiary/aromatic N) is 2. The summed E-state index contributed by atoms with van der Waals surface area (Å²) in [5, 5.41) is 0. The lowest BCUT2D eigenvalue weighted by atomic mass is 10.2. The van der Waals surface area contributed by atoms with Crippen LogP contribution in [0.1, 0.15) is 23.7 Å². The van der Waals surface area contributed by atoms with Crippen molar-refractivity contribution in [3.63, 3.8) is 0 Å². The first kappa shape index (κ1) is 16.4. The number of aromatic nitrogens is 1. The van der Waals surface area contributed by atoms with E-state index >= 15 is 0 Å². The predicted octanol–water partition coefficient (Wildman–Crippen LogP) is 4.61. The van der Waals surface area contributed by atoms with E-state index in [0.29, 0.717) is 6.54 Å². The van der Waals surface area contributed by atoms with Crippen molar-refractivity contribution in [3.8, 4) is 5.75 Å². The molecular formula is C18H24N2OSi. The van der Waals surface area contributed by atoms with Crippen LogP contribution in [0.15, 0.2) is 47.6 Å². The molecule has 22 heavy (non-hydrogen) atoms. The quantitative estimate of drug-likeness (QED) is 0.596. The predicted molar refractivity (Wildman–Crippen MR) is 95.3 cm³/mol. The first-order chi connectivity index (χ1) is 10.3. The van der Waals surface area contributed by atoms with Gasteiger partial charge in [0, 0.05) is 11.8 Å². The lowest BCUT2D eigenvalue weighted by molar-refractivity contribution is 0.549. The van der Waals surface area contributed by atoms with Gasteiger partial charge in [-0.3, -0.25) is 9.98 Å². The van der Waals surface area contributed by atoms with Gasteiger partial charge in [-0.1, -0.05) is 24.3 Å². The van der Waals surface area contributed by atoms with Gasteiger partial charge in [0.25, 0.3) is 0 Å². The van der Waals surface area contributed by atoms with Crippen LogP contribution in [0.2, 0.25) is 19.6 Å². The van der Waals surface area contributed by atoms with E-state index in [9.17, 15) is 0 Å². The van der Waals surface area contributed by atoms with Crippen molar-refractivity contribution in [2.24, 2.45) is 4.99 Å². The van der Waals surface area contributed by atoms with Crippen LogP contribution < -0.4 is 4.43 Å². The third-order valence-electron chi connectivity index (χ3n) is 3.16. The fourth-order valence-corrected chi connectivity index (χ4v) is 2.89. The Labute approximate surface area is 134 Å². The second-order valence-corrected chi connectivity index (χ2v) is 10.9. The number of para-hydroxylation sites is 1. The molecule has 0 atom stereocenters. The summed E-state index contributed by atoms with van der Waals surface area (Å²) in [6.07, 6.45) is 1.87. The van der Waals surface area contributed by atoms with E-state index in [4.69, 9.17) is 4.43 Å². The van der Waals surface area contributed by atoms with Crippen molar-refractivity contribution >= 4 is 14.0 Å². The molecule has 0 unspecified atom stereocenters. The lowest BCUT2D eigenvalue weighted by Crippen LogP contribution is -2.29. The molecule has 3 nitrogen and oxygen atoms in total. The lowest BCUT2D eigenvalue weighted by Gasteiger charge is -2.21. The summed E-state index contributed by atoms with van der Waals surface area (Å²) in [4.78, 5) is 9.09. The molecular weight excluding hydrogens is 288 g/mol. The van der Waals surface area contributed by atoms with E-state index < -0.39 is 8.32 Å². The summed E-state index contributed by atoms with van der Waals surface area (Å²) >= 11 is 0. The third kappa shape index (κ3) is 4.81. The third-order valence-corrected chi connectivity index (χ3v) is 3.99. The number of aryl methyl sites for hydroxylation is 1. The van der Waals surface area contributed by atoms with Gasteiger partial charge in [0.2, 0.25) is 8.32 Å². The Morgan fingerprint density at radius 2 is 1.86 bits per heavy atom. The van der Waals surface area contributed by atoms with E-state index in [0.717, 1.165) is 28.3 Å². The number of rotatable bonds is 5. The first-order valence-corrected chi connectivity index (χ1v) is 11.0. The molecule has 0 aliphatic rings. The maximum atomic E-state index is 6.14. The highest BCUT2D eigenvalue weighted by atomic mass is 28.4. The minimum atomic E-state index is -1.62. The smallest absolute Gasteiger partial charge is 0.242 e. The van der Waals surface area contributed by atoms with Crippen molar-refractivity contribution in [3.05, 3.63) is 59.4 Å². The minimum Gasteiger partial charge on any atom is -0.544 e. The SMILES string of the molecule is CC(=NCc1ccccc1O[Si](C)(C)C)c1ccc(C)cn1. The Morgan fingerprint density at radius 1 is 1.14 bits per heavy atom. The van der Waals surface area contributed by atoms with Crippen LogP contribution in [0, 0.1) is 6.92 Å². The molecule has 0 fully saturated rings. The second kappa shape index (κ2) is 6.88. The molecule has 0 N–H and O–H groups in total. The topological polar surface area (TPSA) is 34.5 Å². The monoisotopic (exact) mass is 312 g/mol. The van der Waals surface area contributed by atoms with Crippen LogP contribution in [0.25, 0.3) is 0 Å². The zero-order valence-corrected chi connectivity index (χ0v) is 15.1. The molecule has 0 saturated carbocycles. The van der Waals surface area contributed by atoms with Crippen molar-refractivity contribution < 1.29 is 4.43 Å². The van der Waals surface area contributed by atoms with Crippen LogP contribution in [0.5, 0.6) is 5.75 Å². The number of benzene rings is 1. The van der Waals surface area contributed by atoms with Crippen molar-refractivity contribution in [2.75, 3.05) is 0 Å². The second-order valence-electron chi connectivity index (χ2n) is 6.44. The van der Waals surface area contributed by atoms with E-state index in [1.807, 2.05) is 44.3 Å². The highest BCUT2D eigenvalue weighted by Gasteiger charge is 2.17. The van der Waals surface area contributed by atoms with Crippen molar-refractivity contribution in [1.29, 1.82) is 0 Å². The molecule has 1 aromatic heterocycles. The molecule has 1 aromatic carbocycles. The van der Waals surface area contributed by atoms with Crippen molar-refractivity contribution in [1.82, 2.24) is 4.98 Å². The van der Waals surface area contributed by atoms with Gasteiger partial charge in [0.1, 0.15) is 5.75 Å². The summed E-state index contributed by atoms with van der Waals surface area (Å²) in [6, 6.07) is 12.2. The van der Waals surface area contributed by atoms with E-state index in [1.54, 1.807) is 0 Å². The fraction of sp³-hybridized carbons (Fsp3) is 0.333. The maximum absolute atomic E-state index is 6.14. The fourth-order valence-electron chi connectivity index (χ4n) is 2.03. The average molecular weight is 312 g/mol. The van der Waals surface area contributed by atoms with Gasteiger partial charge in [-0.05, 0) is 51.2 Å². The molecule has 0 spiro atoms. The Hall–Kier alpha value is -1.94. The van der Waals surface area contributed by atoms with E-state index in [1.165, 1.54) is 0 Å². The first-order valence-electron chi connectivity index (χ1n) is 7.56. The number of hydrogen-bond donors (Lipinski definition) is 0. The highest BCUT2D eigenvalue weighted by Crippen LogP contribution is 2.22. The normalized spacial score (nSPS) is 12.3. The Bertz CT molecular complexity index is 658. The van der Waals surface area contributed by atoms with E-state index in [-0.39, 0.29) is 0 Å². The number of pyridine rings is 1. The summed E-state index contributed by atoms with van der Waals surface area (Å²) in [5.74, 6) is 0.954. The summed E-state index contributed by atoms with van der Waals surface area (Å²) in [5.41, 5.74) is 4.15. The van der Waals surface area contributed by atoms with Crippen LogP contribution in [-0.2, 0) is 6.54 Å². The van der Waals surface area contributed by atoms with Gasteiger partial charge in [-0.25, -0.2) is 0 Å². The van der Waals surface area contributed by atoms with Gasteiger partial charge in [0.15, 0.2) is 0 Å².